The molecule has 0 fully saturated rings. The molecule has 0 radical (unpaired) electrons. The summed E-state index contributed by atoms with van der Waals surface area (Å²) in [5.41, 5.74) is 3.77. The van der Waals surface area contributed by atoms with Crippen molar-refractivity contribution >= 4 is 62.1 Å². The summed E-state index contributed by atoms with van der Waals surface area (Å²) in [7, 11) is 0. The number of aliphatic hydroxyl groups excluding tert-OH is 1. The third kappa shape index (κ3) is 6.95. The van der Waals surface area contributed by atoms with Crippen LogP contribution in [0.1, 0.15) is 68.3 Å². The number of hydrogen-bond acceptors (Lipinski definition) is 7. The quantitative estimate of drug-likeness (QED) is 0.135. The monoisotopic (exact) mass is 539 g/mol. The number of fused-ring (bicyclic) bond motifs is 2. The number of anilines is 3. The number of rotatable bonds is 13. The van der Waals surface area contributed by atoms with Gasteiger partial charge in [0.25, 0.3) is 0 Å². The average Bonchev–Trinajstić information content (AvgIpc) is 2.92. The summed E-state index contributed by atoms with van der Waals surface area (Å²) in [5.74, 6) is -0.579. The molecule has 3 N–H and O–H groups in total. The van der Waals surface area contributed by atoms with Crippen molar-refractivity contribution in [3.8, 4) is 0 Å². The molecule has 0 aliphatic carbocycles. The number of benzene rings is 3. The lowest BCUT2D eigenvalue weighted by atomic mass is 9.97. The van der Waals surface area contributed by atoms with E-state index in [-0.39, 0.29) is 66.8 Å². The molecule has 3 aromatic carbocycles. The van der Waals surface area contributed by atoms with Gasteiger partial charge in [-0.3, -0.25) is 9.59 Å². The fourth-order valence-electron chi connectivity index (χ4n) is 4.73. The van der Waals surface area contributed by atoms with E-state index in [1.807, 2.05) is 48.5 Å². The van der Waals surface area contributed by atoms with E-state index in [0.29, 0.717) is 24.1 Å². The number of carbonyl (C=O) groups is 4. The number of carbonyl (C=O) groups excluding carboxylic acids is 4. The Morgan fingerprint density at radius 1 is 0.750 bits per heavy atom. The van der Waals surface area contributed by atoms with Crippen LogP contribution in [-0.2, 0) is 21.0 Å². The minimum atomic E-state index is -0.333. The van der Waals surface area contributed by atoms with Crippen LogP contribution in [-0.4, -0.2) is 33.3 Å². The number of aliphatic hydroxyl groups is 1. The second-order valence-electron chi connectivity index (χ2n) is 9.95. The first-order chi connectivity index (χ1) is 19.3. The normalized spacial score (nSPS) is 11.0. The van der Waals surface area contributed by atoms with Crippen LogP contribution < -0.4 is 10.6 Å². The highest BCUT2D eigenvalue weighted by molar-refractivity contribution is 6.13. The Labute approximate surface area is 232 Å². The number of nitrogens with one attached hydrogen (secondary N) is 2. The van der Waals surface area contributed by atoms with Crippen molar-refractivity contribution in [1.82, 2.24) is 4.98 Å². The predicted octanol–water partition coefficient (Wildman–Crippen LogP) is 6.26. The van der Waals surface area contributed by atoms with Gasteiger partial charge in [0.2, 0.25) is 5.91 Å². The van der Waals surface area contributed by atoms with Crippen LogP contribution in [0.4, 0.5) is 17.1 Å². The van der Waals surface area contributed by atoms with Gasteiger partial charge in [-0.25, -0.2) is 4.98 Å². The third-order valence-electron chi connectivity index (χ3n) is 6.65. The number of Topliss-reactive ketones (excluding diaryl/α,β-unsaturated/α-hetero) is 3. The summed E-state index contributed by atoms with van der Waals surface area (Å²) in [4.78, 5) is 54.1. The molecule has 4 rings (SSSR count). The lowest BCUT2D eigenvalue weighted by Crippen LogP contribution is -2.17. The summed E-state index contributed by atoms with van der Waals surface area (Å²) >= 11 is 0. The smallest absolute Gasteiger partial charge is 0.224 e. The highest BCUT2D eigenvalue weighted by Gasteiger charge is 2.21. The van der Waals surface area contributed by atoms with Crippen LogP contribution in [0.5, 0.6) is 0 Å². The highest BCUT2D eigenvalue weighted by Crippen LogP contribution is 2.37. The fourth-order valence-corrected chi connectivity index (χ4v) is 4.73. The molecular weight excluding hydrogens is 506 g/mol. The van der Waals surface area contributed by atoms with Crippen LogP contribution in [0.3, 0.4) is 0 Å². The summed E-state index contributed by atoms with van der Waals surface area (Å²) in [5, 5.41) is 18.0. The Kier molecular flexibility index (Phi) is 9.35. The van der Waals surface area contributed by atoms with Crippen LogP contribution in [0, 0.1) is 0 Å². The van der Waals surface area contributed by atoms with Crippen LogP contribution in [0.25, 0.3) is 21.8 Å². The van der Waals surface area contributed by atoms with Crippen LogP contribution >= 0.6 is 0 Å². The van der Waals surface area contributed by atoms with E-state index in [1.54, 1.807) is 12.1 Å². The molecule has 0 aliphatic heterocycles. The van der Waals surface area contributed by atoms with Crippen molar-refractivity contribution < 1.29 is 24.3 Å². The Hall–Kier alpha value is -4.43. The number of hydrogen-bond donors (Lipinski definition) is 3. The Morgan fingerprint density at radius 3 is 1.88 bits per heavy atom. The van der Waals surface area contributed by atoms with Crippen molar-refractivity contribution in [3.05, 3.63) is 71.8 Å². The zero-order chi connectivity index (χ0) is 28.6. The van der Waals surface area contributed by atoms with Crippen molar-refractivity contribution in [1.29, 1.82) is 0 Å². The van der Waals surface area contributed by atoms with E-state index in [1.165, 1.54) is 13.8 Å². The van der Waals surface area contributed by atoms with Gasteiger partial charge in [-0.05, 0) is 56.5 Å². The molecule has 8 heteroatoms. The lowest BCUT2D eigenvalue weighted by Gasteiger charge is -2.20. The first-order valence-corrected chi connectivity index (χ1v) is 13.4. The van der Waals surface area contributed by atoms with Gasteiger partial charge < -0.3 is 25.3 Å². The number of nitrogens with zero attached hydrogens (tertiary/aromatic N) is 1. The van der Waals surface area contributed by atoms with E-state index in [4.69, 9.17) is 4.98 Å². The van der Waals surface area contributed by atoms with Gasteiger partial charge in [0.05, 0.1) is 40.3 Å². The molecule has 1 heterocycles. The van der Waals surface area contributed by atoms with Crippen LogP contribution in [0.15, 0.2) is 60.7 Å². The highest BCUT2D eigenvalue weighted by atomic mass is 16.3. The number of pyridine rings is 1. The molecular formula is C32H33N3O5. The molecule has 0 bridgehead atoms. The summed E-state index contributed by atoms with van der Waals surface area (Å²) < 4.78 is 0. The van der Waals surface area contributed by atoms with E-state index in [2.05, 4.69) is 10.6 Å². The van der Waals surface area contributed by atoms with Gasteiger partial charge in [-0.1, -0.05) is 36.4 Å². The first kappa shape index (κ1) is 28.6. The number of amides is 1. The predicted molar refractivity (Wildman–Crippen MR) is 157 cm³/mol. The Morgan fingerprint density at radius 2 is 1.30 bits per heavy atom. The lowest BCUT2D eigenvalue weighted by molar-refractivity contribution is -0.118. The topological polar surface area (TPSA) is 125 Å². The minimum Gasteiger partial charge on any atom is -0.392 e. The minimum absolute atomic E-state index is 0.000272. The fraction of sp³-hybridized carbons (Fsp3) is 0.281. The van der Waals surface area contributed by atoms with Gasteiger partial charge in [-0.15, -0.1) is 0 Å². The number of ketones is 3. The SMILES string of the molecule is CC(=O)CCCC(=O)Nc1cc(CO)cc(Nc2c3ccccc3nc3ccccc23)c1C(=O)CCCC(C)=O. The second-order valence-corrected chi connectivity index (χ2v) is 9.95. The maximum absolute atomic E-state index is 13.6. The van der Waals surface area contributed by atoms with Gasteiger partial charge in [0, 0.05) is 36.5 Å². The zero-order valence-electron chi connectivity index (χ0n) is 22.8. The second kappa shape index (κ2) is 13.1. The van der Waals surface area contributed by atoms with E-state index >= 15 is 0 Å². The molecule has 0 atom stereocenters. The molecule has 0 aliphatic rings. The van der Waals surface area contributed by atoms with E-state index in [0.717, 1.165) is 27.5 Å². The van der Waals surface area contributed by atoms with Gasteiger partial charge in [0.15, 0.2) is 5.78 Å². The molecule has 206 valence electrons. The molecule has 1 amide bonds. The van der Waals surface area contributed by atoms with Crippen molar-refractivity contribution in [2.24, 2.45) is 0 Å². The van der Waals surface area contributed by atoms with Gasteiger partial charge in [-0.2, -0.15) is 0 Å². The molecule has 40 heavy (non-hydrogen) atoms. The first-order valence-electron chi connectivity index (χ1n) is 13.4. The van der Waals surface area contributed by atoms with Gasteiger partial charge >= 0.3 is 0 Å². The zero-order valence-corrected chi connectivity index (χ0v) is 22.8. The summed E-state index contributed by atoms with van der Waals surface area (Å²) in [6, 6.07) is 18.6. The molecule has 0 saturated heterocycles. The van der Waals surface area contributed by atoms with Crippen molar-refractivity contribution in [2.75, 3.05) is 10.6 Å². The largest absolute Gasteiger partial charge is 0.392 e. The van der Waals surface area contributed by atoms with Crippen molar-refractivity contribution in [2.45, 2.75) is 59.0 Å². The average molecular weight is 540 g/mol. The van der Waals surface area contributed by atoms with E-state index in [9.17, 15) is 24.3 Å². The number of para-hydroxylation sites is 2. The van der Waals surface area contributed by atoms with E-state index < -0.39 is 0 Å². The Bertz CT molecular complexity index is 1540. The molecule has 1 aromatic heterocycles. The Balaban J connectivity index is 1.82. The van der Waals surface area contributed by atoms with Crippen LogP contribution in [0.2, 0.25) is 0 Å². The standard InChI is InChI=1S/C32H33N3O5/c1-20(37)9-7-15-29(39)31-27(34-30(40)16-8-10-21(2)38)17-22(19-36)18-28(31)35-32-23-11-3-5-13-25(23)33-26-14-6-4-12-24(26)32/h3-6,11-14,17-18,36H,7-10,15-16,19H2,1-2H3,(H,33,35)(H,34,40). The third-order valence-corrected chi connectivity index (χ3v) is 6.65. The molecule has 0 saturated carbocycles. The number of aromatic nitrogens is 1. The summed E-state index contributed by atoms with van der Waals surface area (Å²) in [6.07, 6.45) is 1.55. The maximum atomic E-state index is 13.6. The maximum Gasteiger partial charge on any atom is 0.224 e. The molecule has 0 spiro atoms. The van der Waals surface area contributed by atoms with Crippen molar-refractivity contribution in [3.63, 3.8) is 0 Å². The molecule has 8 nitrogen and oxygen atoms in total. The molecule has 4 aromatic rings. The summed E-state index contributed by atoms with van der Waals surface area (Å²) in [6.45, 7) is 2.66. The molecule has 0 unspecified atom stereocenters. The van der Waals surface area contributed by atoms with Gasteiger partial charge in [0.1, 0.15) is 11.6 Å².